The summed E-state index contributed by atoms with van der Waals surface area (Å²) < 4.78 is 4.62. The third kappa shape index (κ3) is 14.3. The van der Waals surface area contributed by atoms with Crippen molar-refractivity contribution in [3.05, 3.63) is 24.8 Å². The predicted octanol–water partition coefficient (Wildman–Crippen LogP) is 0.496. The van der Waals surface area contributed by atoms with Gasteiger partial charge in [0.1, 0.15) is 6.61 Å². The van der Waals surface area contributed by atoms with Gasteiger partial charge in [-0.1, -0.05) is 13.2 Å². The lowest BCUT2D eigenvalue weighted by molar-refractivity contribution is -0.140. The number of rotatable bonds is 7. The number of hydrogen-bond donors (Lipinski definition) is 3. The average Bonchev–Trinajstić information content (AvgIpc) is 2.33. The number of aliphatic carboxylic acids is 1. The summed E-state index contributed by atoms with van der Waals surface area (Å²) in [6.07, 6.45) is 1.30. The minimum atomic E-state index is -0.981. The van der Waals surface area contributed by atoms with E-state index < -0.39 is 18.0 Å². The molecular weight excluding hydrogens is 240 g/mol. The van der Waals surface area contributed by atoms with Gasteiger partial charge in [-0.2, -0.15) is 0 Å². The quantitative estimate of drug-likeness (QED) is 0.455. The summed E-state index contributed by atoms with van der Waals surface area (Å²) >= 11 is 0. The van der Waals surface area contributed by atoms with E-state index in [1.807, 2.05) is 0 Å². The first-order valence-corrected chi connectivity index (χ1v) is 5.34. The molecule has 1 unspecified atom stereocenters. The van der Waals surface area contributed by atoms with E-state index >= 15 is 0 Å². The Morgan fingerprint density at radius 2 is 1.94 bits per heavy atom. The molecule has 1 atom stereocenters. The maximum Gasteiger partial charge on any atom is 0.333 e. The van der Waals surface area contributed by atoms with Gasteiger partial charge in [0.15, 0.2) is 0 Å². The molecule has 0 fully saturated rings. The van der Waals surface area contributed by atoms with Gasteiger partial charge in [-0.25, -0.2) is 9.59 Å². The maximum absolute atomic E-state index is 11.0. The van der Waals surface area contributed by atoms with E-state index in [0.29, 0.717) is 18.4 Å². The Bertz CT molecular complexity index is 282. The first-order valence-electron chi connectivity index (χ1n) is 5.34. The molecule has 0 amide bonds. The minimum absolute atomic E-state index is 0.00741. The van der Waals surface area contributed by atoms with Gasteiger partial charge in [0.05, 0.1) is 12.7 Å². The van der Waals surface area contributed by atoms with Crippen molar-refractivity contribution in [3.8, 4) is 0 Å². The highest BCUT2D eigenvalue weighted by Crippen LogP contribution is 2.06. The molecule has 0 radical (unpaired) electrons. The summed E-state index contributed by atoms with van der Waals surface area (Å²) in [5.74, 6) is -1.49. The standard InChI is InChI=1S/C9H16O4.C3H4O2/c1-7(3-4-8(2)11)9(12)13-6-5-10;1-2-3(4)5/h8,10-11H,1,3-6H2,2H3;2H,1H2,(H,4,5). The van der Waals surface area contributed by atoms with Crippen molar-refractivity contribution in [1.82, 2.24) is 0 Å². The lowest BCUT2D eigenvalue weighted by Crippen LogP contribution is -2.11. The van der Waals surface area contributed by atoms with Gasteiger partial charge in [0.2, 0.25) is 0 Å². The lowest BCUT2D eigenvalue weighted by Gasteiger charge is -2.06. The summed E-state index contributed by atoms with van der Waals surface area (Å²) in [4.78, 5) is 20.2. The van der Waals surface area contributed by atoms with Crippen molar-refractivity contribution in [1.29, 1.82) is 0 Å². The Balaban J connectivity index is 0. The molecule has 0 bridgehead atoms. The van der Waals surface area contributed by atoms with Crippen LogP contribution in [0.15, 0.2) is 24.8 Å². The maximum atomic E-state index is 11.0. The van der Waals surface area contributed by atoms with Crippen LogP contribution >= 0.6 is 0 Å². The zero-order valence-electron chi connectivity index (χ0n) is 10.5. The highest BCUT2D eigenvalue weighted by atomic mass is 16.5. The van der Waals surface area contributed by atoms with Crippen molar-refractivity contribution in [2.24, 2.45) is 0 Å². The van der Waals surface area contributed by atoms with Gasteiger partial charge in [-0.15, -0.1) is 0 Å². The van der Waals surface area contributed by atoms with Crippen LogP contribution in [0.5, 0.6) is 0 Å². The van der Waals surface area contributed by atoms with Crippen LogP contribution in [0.4, 0.5) is 0 Å². The second-order valence-corrected chi connectivity index (χ2v) is 3.39. The highest BCUT2D eigenvalue weighted by molar-refractivity contribution is 5.87. The number of aliphatic hydroxyl groups is 2. The number of hydrogen-bond acceptors (Lipinski definition) is 5. The Labute approximate surface area is 106 Å². The van der Waals surface area contributed by atoms with Crippen LogP contribution in [0.3, 0.4) is 0 Å². The topological polar surface area (TPSA) is 104 Å². The number of esters is 1. The molecule has 0 aliphatic heterocycles. The first-order chi connectivity index (χ1) is 8.34. The third-order valence-electron chi connectivity index (χ3n) is 1.65. The molecule has 6 heteroatoms. The van der Waals surface area contributed by atoms with E-state index in [9.17, 15) is 9.59 Å². The third-order valence-corrected chi connectivity index (χ3v) is 1.65. The van der Waals surface area contributed by atoms with Gasteiger partial charge >= 0.3 is 11.9 Å². The molecule has 0 heterocycles. The molecule has 0 aliphatic carbocycles. The van der Waals surface area contributed by atoms with Gasteiger partial charge in [0, 0.05) is 11.6 Å². The van der Waals surface area contributed by atoms with Crippen LogP contribution in [0.2, 0.25) is 0 Å². The molecule has 6 nitrogen and oxygen atoms in total. The number of aliphatic hydroxyl groups excluding tert-OH is 2. The second kappa shape index (κ2) is 11.8. The summed E-state index contributed by atoms with van der Waals surface area (Å²) in [6, 6.07) is 0. The van der Waals surface area contributed by atoms with E-state index in [2.05, 4.69) is 17.9 Å². The Morgan fingerprint density at radius 3 is 2.28 bits per heavy atom. The van der Waals surface area contributed by atoms with E-state index in [1.165, 1.54) is 0 Å². The van der Waals surface area contributed by atoms with Crippen molar-refractivity contribution in [3.63, 3.8) is 0 Å². The van der Waals surface area contributed by atoms with Crippen LogP contribution in [0.25, 0.3) is 0 Å². The molecule has 18 heavy (non-hydrogen) atoms. The normalized spacial score (nSPS) is 10.6. The van der Waals surface area contributed by atoms with E-state index in [1.54, 1.807) is 6.92 Å². The summed E-state index contributed by atoms with van der Waals surface area (Å²) in [7, 11) is 0. The zero-order chi connectivity index (χ0) is 14.6. The molecule has 0 aromatic rings. The second-order valence-electron chi connectivity index (χ2n) is 3.39. The van der Waals surface area contributed by atoms with Crippen molar-refractivity contribution < 1.29 is 29.6 Å². The number of carbonyl (C=O) groups is 2. The monoisotopic (exact) mass is 260 g/mol. The summed E-state index contributed by atoms with van der Waals surface area (Å²) in [5.41, 5.74) is 0.328. The molecule has 0 aliphatic rings. The largest absolute Gasteiger partial charge is 0.478 e. The Morgan fingerprint density at radius 1 is 1.44 bits per heavy atom. The predicted molar refractivity (Wildman–Crippen MR) is 65.9 cm³/mol. The molecular formula is C12H20O6. The van der Waals surface area contributed by atoms with Crippen LogP contribution in [-0.4, -0.2) is 46.6 Å². The smallest absolute Gasteiger partial charge is 0.333 e. The fourth-order valence-electron chi connectivity index (χ4n) is 0.726. The van der Waals surface area contributed by atoms with E-state index in [0.717, 1.165) is 6.08 Å². The molecule has 0 rings (SSSR count). The molecule has 0 saturated carbocycles. The van der Waals surface area contributed by atoms with Gasteiger partial charge in [-0.3, -0.25) is 0 Å². The molecule has 104 valence electrons. The first kappa shape index (κ1) is 18.7. The van der Waals surface area contributed by atoms with Gasteiger partial charge in [-0.05, 0) is 19.8 Å². The van der Waals surface area contributed by atoms with E-state index in [-0.39, 0.29) is 13.2 Å². The summed E-state index contributed by atoms with van der Waals surface area (Å²) in [6.45, 7) is 7.93. The molecule has 0 aromatic heterocycles. The SMILES string of the molecule is C=C(CCC(C)O)C(=O)OCCO.C=CC(=O)O. The minimum Gasteiger partial charge on any atom is -0.478 e. The molecule has 0 spiro atoms. The fraction of sp³-hybridized carbons (Fsp3) is 0.500. The van der Waals surface area contributed by atoms with Crippen LogP contribution < -0.4 is 0 Å². The lowest BCUT2D eigenvalue weighted by atomic mass is 10.1. The van der Waals surface area contributed by atoms with Crippen LogP contribution in [0.1, 0.15) is 19.8 Å². The number of carbonyl (C=O) groups excluding carboxylic acids is 1. The average molecular weight is 260 g/mol. The summed E-state index contributed by atoms with van der Waals surface area (Å²) in [5, 5.41) is 24.9. The molecule has 3 N–H and O–H groups in total. The van der Waals surface area contributed by atoms with Crippen molar-refractivity contribution >= 4 is 11.9 Å². The van der Waals surface area contributed by atoms with Crippen LogP contribution in [0, 0.1) is 0 Å². The zero-order valence-corrected chi connectivity index (χ0v) is 10.5. The van der Waals surface area contributed by atoms with Gasteiger partial charge < -0.3 is 20.1 Å². The van der Waals surface area contributed by atoms with Crippen molar-refractivity contribution in [2.45, 2.75) is 25.9 Å². The number of carboxylic acids is 1. The fourth-order valence-corrected chi connectivity index (χ4v) is 0.726. The van der Waals surface area contributed by atoms with E-state index in [4.69, 9.17) is 15.3 Å². The van der Waals surface area contributed by atoms with Gasteiger partial charge in [0.25, 0.3) is 0 Å². The molecule has 0 aromatic carbocycles. The Hall–Kier alpha value is -1.66. The van der Waals surface area contributed by atoms with Crippen LogP contribution in [-0.2, 0) is 14.3 Å². The number of ether oxygens (including phenoxy) is 1. The molecule has 0 saturated heterocycles. The van der Waals surface area contributed by atoms with Crippen molar-refractivity contribution in [2.75, 3.05) is 13.2 Å². The number of carboxylic acid groups (broad SMARTS) is 1. The Kier molecular flexibility index (Phi) is 12.3. The highest BCUT2D eigenvalue weighted by Gasteiger charge is 2.08.